The van der Waals surface area contributed by atoms with Crippen LogP contribution in [0, 0.1) is 0 Å². The fourth-order valence-electron chi connectivity index (χ4n) is 2.25. The van der Waals surface area contributed by atoms with E-state index in [1.54, 1.807) is 18.2 Å². The third-order valence-electron chi connectivity index (χ3n) is 3.31. The Morgan fingerprint density at radius 1 is 1.32 bits per heavy atom. The number of carbonyl (C=O) groups excluding carboxylic acids is 1. The number of methoxy groups -OCH3 is 2. The number of aliphatic hydroxyl groups is 1. The molecule has 1 heterocycles. The van der Waals surface area contributed by atoms with Gasteiger partial charge in [-0.25, -0.2) is 4.79 Å². The number of hydrogen-bond acceptors (Lipinski definition) is 6. The standard InChI is InChI=1S/C14H15NO7/c1-14(7-5-4-6-8(20-2)10(7)21-3)11(17)9(16)12(22-14)15-13(18)19/h4-6,15-16H,1-3H3,(H,18,19). The summed E-state index contributed by atoms with van der Waals surface area (Å²) in [6.45, 7) is 1.40. The van der Waals surface area contributed by atoms with Crippen LogP contribution >= 0.6 is 0 Å². The van der Waals surface area contributed by atoms with E-state index in [2.05, 4.69) is 0 Å². The maximum atomic E-state index is 12.3. The first-order valence-corrected chi connectivity index (χ1v) is 6.23. The van der Waals surface area contributed by atoms with Crippen LogP contribution in [0.15, 0.2) is 29.8 Å². The highest BCUT2D eigenvalue weighted by Crippen LogP contribution is 2.44. The van der Waals surface area contributed by atoms with Gasteiger partial charge in [0.05, 0.1) is 14.2 Å². The molecule has 1 aromatic carbocycles. The molecule has 2 rings (SSSR count). The van der Waals surface area contributed by atoms with Gasteiger partial charge in [0.1, 0.15) is 0 Å². The second kappa shape index (κ2) is 5.47. The van der Waals surface area contributed by atoms with Crippen LogP contribution in [0.5, 0.6) is 11.5 Å². The van der Waals surface area contributed by atoms with Gasteiger partial charge in [-0.1, -0.05) is 12.1 Å². The average Bonchev–Trinajstić information content (AvgIpc) is 2.70. The van der Waals surface area contributed by atoms with Gasteiger partial charge in [-0.05, 0) is 13.0 Å². The highest BCUT2D eigenvalue weighted by atomic mass is 16.5. The predicted molar refractivity (Wildman–Crippen MR) is 73.8 cm³/mol. The number of para-hydroxylation sites is 1. The number of aliphatic hydroxyl groups excluding tert-OH is 1. The summed E-state index contributed by atoms with van der Waals surface area (Å²) in [5.41, 5.74) is -1.34. The molecule has 8 nitrogen and oxygen atoms in total. The van der Waals surface area contributed by atoms with Crippen molar-refractivity contribution in [1.29, 1.82) is 0 Å². The van der Waals surface area contributed by atoms with Crippen LogP contribution in [0.2, 0.25) is 0 Å². The summed E-state index contributed by atoms with van der Waals surface area (Å²) >= 11 is 0. The van der Waals surface area contributed by atoms with Crippen molar-refractivity contribution in [3.05, 3.63) is 35.4 Å². The summed E-state index contributed by atoms with van der Waals surface area (Å²) in [5.74, 6) is -1.48. The third-order valence-corrected chi connectivity index (χ3v) is 3.31. The molecule has 0 spiro atoms. The van der Waals surface area contributed by atoms with Gasteiger partial charge >= 0.3 is 6.09 Å². The first-order valence-electron chi connectivity index (χ1n) is 6.23. The van der Waals surface area contributed by atoms with E-state index in [1.165, 1.54) is 21.1 Å². The third kappa shape index (κ3) is 2.28. The molecule has 1 amide bonds. The molecular weight excluding hydrogens is 294 g/mol. The summed E-state index contributed by atoms with van der Waals surface area (Å²) < 4.78 is 15.8. The van der Waals surface area contributed by atoms with E-state index in [0.717, 1.165) is 0 Å². The van der Waals surface area contributed by atoms with Crippen LogP contribution in [0.25, 0.3) is 0 Å². The number of carbonyl (C=O) groups is 2. The first-order chi connectivity index (χ1) is 10.3. The van der Waals surface area contributed by atoms with Crippen LogP contribution in [0.3, 0.4) is 0 Å². The van der Waals surface area contributed by atoms with Crippen molar-refractivity contribution in [1.82, 2.24) is 5.32 Å². The molecule has 1 aliphatic rings. The van der Waals surface area contributed by atoms with E-state index in [0.29, 0.717) is 11.3 Å². The second-order valence-electron chi connectivity index (χ2n) is 4.61. The number of nitrogens with one attached hydrogen (secondary N) is 1. The Balaban J connectivity index is 2.50. The SMILES string of the molecule is COc1cccc(C2(C)OC(NC(=O)O)=C(O)C2=O)c1OC. The molecule has 1 aromatic rings. The number of rotatable bonds is 4. The highest BCUT2D eigenvalue weighted by molar-refractivity contribution is 6.03. The number of Topliss-reactive ketones (excluding diaryl/α,β-unsaturated/α-hetero) is 1. The summed E-state index contributed by atoms with van der Waals surface area (Å²) in [6, 6.07) is 4.82. The maximum absolute atomic E-state index is 12.3. The second-order valence-corrected chi connectivity index (χ2v) is 4.61. The Morgan fingerprint density at radius 3 is 2.55 bits per heavy atom. The number of hydrogen-bond donors (Lipinski definition) is 3. The Morgan fingerprint density at radius 2 is 2.00 bits per heavy atom. The maximum Gasteiger partial charge on any atom is 0.411 e. The summed E-state index contributed by atoms with van der Waals surface area (Å²) in [4.78, 5) is 23.0. The summed E-state index contributed by atoms with van der Waals surface area (Å²) in [6.07, 6.45) is -1.46. The van der Waals surface area contributed by atoms with Gasteiger partial charge in [-0.2, -0.15) is 0 Å². The molecule has 1 unspecified atom stereocenters. The fourth-order valence-corrected chi connectivity index (χ4v) is 2.25. The molecule has 0 aromatic heterocycles. The molecule has 1 aliphatic heterocycles. The largest absolute Gasteiger partial charge is 0.501 e. The molecule has 1 atom stereocenters. The minimum absolute atomic E-state index is 0.255. The molecule has 0 saturated heterocycles. The Kier molecular flexibility index (Phi) is 3.85. The lowest BCUT2D eigenvalue weighted by Gasteiger charge is -2.26. The minimum atomic E-state index is -1.64. The lowest BCUT2D eigenvalue weighted by molar-refractivity contribution is -0.131. The lowest BCUT2D eigenvalue weighted by atomic mass is 9.90. The zero-order chi connectivity index (χ0) is 16.5. The molecule has 22 heavy (non-hydrogen) atoms. The number of benzene rings is 1. The van der Waals surface area contributed by atoms with E-state index in [-0.39, 0.29) is 5.75 Å². The van der Waals surface area contributed by atoms with Crippen LogP contribution < -0.4 is 14.8 Å². The van der Waals surface area contributed by atoms with Crippen LogP contribution in [-0.4, -0.2) is 36.3 Å². The summed E-state index contributed by atoms with van der Waals surface area (Å²) in [7, 11) is 2.84. The molecular formula is C14H15NO7. The molecule has 0 fully saturated rings. The van der Waals surface area contributed by atoms with E-state index in [4.69, 9.17) is 19.3 Å². The van der Waals surface area contributed by atoms with Crippen molar-refractivity contribution in [2.24, 2.45) is 0 Å². The monoisotopic (exact) mass is 309 g/mol. The molecule has 118 valence electrons. The fraction of sp³-hybridized carbons (Fsp3) is 0.286. The van der Waals surface area contributed by atoms with Crippen molar-refractivity contribution in [2.45, 2.75) is 12.5 Å². The normalized spacial score (nSPS) is 20.6. The molecule has 0 bridgehead atoms. The molecule has 0 radical (unpaired) electrons. The zero-order valence-electron chi connectivity index (χ0n) is 12.2. The minimum Gasteiger partial charge on any atom is -0.501 e. The highest BCUT2D eigenvalue weighted by Gasteiger charge is 2.50. The van der Waals surface area contributed by atoms with E-state index >= 15 is 0 Å². The van der Waals surface area contributed by atoms with Crippen molar-refractivity contribution >= 4 is 11.9 Å². The Bertz CT molecular complexity index is 667. The quantitative estimate of drug-likeness (QED) is 0.772. The Hall–Kier alpha value is -2.90. The number of ketones is 1. The first kappa shape index (κ1) is 15.5. The molecule has 0 aliphatic carbocycles. The smallest absolute Gasteiger partial charge is 0.411 e. The van der Waals surface area contributed by atoms with Crippen LogP contribution in [0.1, 0.15) is 12.5 Å². The predicted octanol–water partition coefficient (Wildman–Crippen LogP) is 1.51. The van der Waals surface area contributed by atoms with Gasteiger partial charge in [0.2, 0.25) is 17.2 Å². The lowest BCUT2D eigenvalue weighted by Crippen LogP contribution is -2.32. The van der Waals surface area contributed by atoms with Gasteiger partial charge in [-0.15, -0.1) is 0 Å². The molecule has 3 N–H and O–H groups in total. The van der Waals surface area contributed by atoms with Crippen molar-refractivity contribution in [3.8, 4) is 11.5 Å². The van der Waals surface area contributed by atoms with Gasteiger partial charge in [0.15, 0.2) is 11.5 Å². The van der Waals surface area contributed by atoms with E-state index in [1.807, 2.05) is 5.32 Å². The van der Waals surface area contributed by atoms with Crippen LogP contribution in [-0.2, 0) is 15.1 Å². The average molecular weight is 309 g/mol. The zero-order valence-corrected chi connectivity index (χ0v) is 12.2. The van der Waals surface area contributed by atoms with Crippen molar-refractivity contribution in [3.63, 3.8) is 0 Å². The number of ether oxygens (including phenoxy) is 3. The van der Waals surface area contributed by atoms with Gasteiger partial charge in [0.25, 0.3) is 5.78 Å². The number of carboxylic acid groups (broad SMARTS) is 1. The Labute approximate surface area is 125 Å². The summed E-state index contributed by atoms with van der Waals surface area (Å²) in [5, 5.41) is 20.4. The van der Waals surface area contributed by atoms with Crippen LogP contribution in [0.4, 0.5) is 4.79 Å². The topological polar surface area (TPSA) is 114 Å². The van der Waals surface area contributed by atoms with Crippen molar-refractivity contribution in [2.75, 3.05) is 14.2 Å². The van der Waals surface area contributed by atoms with Crippen molar-refractivity contribution < 1.29 is 34.0 Å². The number of amides is 1. The molecule has 8 heteroatoms. The van der Waals surface area contributed by atoms with Gasteiger partial charge in [0, 0.05) is 5.56 Å². The van der Waals surface area contributed by atoms with E-state index < -0.39 is 29.1 Å². The molecule has 0 saturated carbocycles. The van der Waals surface area contributed by atoms with Gasteiger partial charge in [-0.3, -0.25) is 10.1 Å². The van der Waals surface area contributed by atoms with Gasteiger partial charge < -0.3 is 24.4 Å². The van der Waals surface area contributed by atoms with E-state index in [9.17, 15) is 14.7 Å².